The molecule has 0 spiro atoms. The summed E-state index contributed by atoms with van der Waals surface area (Å²) >= 11 is 0. The van der Waals surface area contributed by atoms with Crippen LogP contribution in [0.15, 0.2) is 18.2 Å². The quantitative estimate of drug-likeness (QED) is 0.832. The van der Waals surface area contributed by atoms with Gasteiger partial charge in [-0.05, 0) is 61.8 Å². The molecule has 0 heterocycles. The zero-order valence-corrected chi connectivity index (χ0v) is 11.5. The third kappa shape index (κ3) is 4.15. The van der Waals surface area contributed by atoms with Gasteiger partial charge < -0.3 is 5.73 Å². The van der Waals surface area contributed by atoms with Crippen LogP contribution in [0.5, 0.6) is 0 Å². The van der Waals surface area contributed by atoms with Gasteiger partial charge in [0.25, 0.3) is 0 Å². The largest absolute Gasteiger partial charge is 0.391 e. The van der Waals surface area contributed by atoms with Gasteiger partial charge in [0, 0.05) is 6.04 Å². The van der Waals surface area contributed by atoms with Crippen molar-refractivity contribution in [2.75, 3.05) is 0 Å². The molecule has 0 aliphatic heterocycles. The van der Waals surface area contributed by atoms with Crippen molar-refractivity contribution < 1.29 is 22.0 Å². The average molecular weight is 307 g/mol. The smallest absolute Gasteiger partial charge is 0.327 e. The van der Waals surface area contributed by atoms with Gasteiger partial charge in [0.15, 0.2) is 0 Å². The van der Waals surface area contributed by atoms with Crippen molar-refractivity contribution in [1.82, 2.24) is 0 Å². The summed E-state index contributed by atoms with van der Waals surface area (Å²) in [6.07, 6.45) is -3.12. The van der Waals surface area contributed by atoms with Crippen LogP contribution < -0.4 is 5.73 Å². The Morgan fingerprint density at radius 2 is 1.71 bits per heavy atom. The Morgan fingerprint density at radius 3 is 2.29 bits per heavy atom. The number of nitrogens with two attached hydrogens (primary N) is 1. The van der Waals surface area contributed by atoms with Crippen LogP contribution in [0.1, 0.15) is 31.2 Å². The Morgan fingerprint density at radius 1 is 1.10 bits per heavy atom. The molecule has 0 amide bonds. The highest BCUT2D eigenvalue weighted by molar-refractivity contribution is 5.20. The molecule has 1 unspecified atom stereocenters. The van der Waals surface area contributed by atoms with E-state index in [0.29, 0.717) is 12.8 Å². The van der Waals surface area contributed by atoms with Crippen molar-refractivity contribution in [2.45, 2.75) is 44.3 Å². The first-order valence-corrected chi connectivity index (χ1v) is 7.03. The van der Waals surface area contributed by atoms with Gasteiger partial charge in [0.05, 0.1) is 5.92 Å². The molecule has 1 nitrogen and oxygen atoms in total. The van der Waals surface area contributed by atoms with E-state index in [1.807, 2.05) is 0 Å². The first-order valence-electron chi connectivity index (χ1n) is 7.03. The fourth-order valence-corrected chi connectivity index (χ4v) is 3.00. The van der Waals surface area contributed by atoms with E-state index in [4.69, 9.17) is 5.73 Å². The first-order chi connectivity index (χ1) is 9.77. The maximum absolute atomic E-state index is 13.5. The van der Waals surface area contributed by atoms with Crippen molar-refractivity contribution in [1.29, 1.82) is 0 Å². The van der Waals surface area contributed by atoms with Crippen LogP contribution in [-0.2, 0) is 6.42 Å². The fraction of sp³-hybridized carbons (Fsp3) is 0.600. The van der Waals surface area contributed by atoms with Crippen LogP contribution in [0.3, 0.4) is 0 Å². The maximum Gasteiger partial charge on any atom is 0.391 e. The number of benzene rings is 1. The molecular formula is C15H18F5N. The third-order valence-corrected chi connectivity index (χ3v) is 4.30. The van der Waals surface area contributed by atoms with Crippen molar-refractivity contribution in [3.63, 3.8) is 0 Å². The monoisotopic (exact) mass is 307 g/mol. The van der Waals surface area contributed by atoms with Gasteiger partial charge in [-0.25, -0.2) is 8.78 Å². The predicted molar refractivity (Wildman–Crippen MR) is 69.5 cm³/mol. The molecule has 0 aromatic heterocycles. The van der Waals surface area contributed by atoms with Gasteiger partial charge in [-0.3, -0.25) is 0 Å². The van der Waals surface area contributed by atoms with Gasteiger partial charge in [-0.1, -0.05) is 0 Å². The normalized spacial score (nSPS) is 24.9. The van der Waals surface area contributed by atoms with Gasteiger partial charge in [0.1, 0.15) is 11.6 Å². The Hall–Kier alpha value is -1.17. The lowest BCUT2D eigenvalue weighted by molar-refractivity contribution is -0.184. The standard InChI is InChI=1S/C15H18F5N/c16-12-5-6-13(17)10(7-12)8-14(21)9-1-3-11(4-2-9)15(18,19)20/h5-7,9,11,14H,1-4,8,21H2. The first kappa shape index (κ1) is 16.2. The molecule has 1 saturated carbocycles. The minimum Gasteiger partial charge on any atom is -0.327 e. The molecule has 2 N–H and O–H groups in total. The minimum atomic E-state index is -4.15. The van der Waals surface area contributed by atoms with Crippen LogP contribution in [0.2, 0.25) is 0 Å². The lowest BCUT2D eigenvalue weighted by Crippen LogP contribution is -2.37. The second kappa shape index (κ2) is 6.30. The Balaban J connectivity index is 1.93. The molecular weight excluding hydrogens is 289 g/mol. The number of rotatable bonds is 3. The van der Waals surface area contributed by atoms with E-state index >= 15 is 0 Å². The second-order valence-corrected chi connectivity index (χ2v) is 5.76. The summed E-state index contributed by atoms with van der Waals surface area (Å²) in [5, 5.41) is 0. The van der Waals surface area contributed by atoms with Crippen molar-refractivity contribution in [3.8, 4) is 0 Å². The molecule has 2 rings (SSSR count). The predicted octanol–water partition coefficient (Wildman–Crippen LogP) is 4.20. The molecule has 1 aromatic rings. The van der Waals surface area contributed by atoms with E-state index in [1.165, 1.54) is 0 Å². The molecule has 0 saturated heterocycles. The summed E-state index contributed by atoms with van der Waals surface area (Å²) in [7, 11) is 0. The molecule has 0 bridgehead atoms. The van der Waals surface area contributed by atoms with Gasteiger partial charge in [-0.15, -0.1) is 0 Å². The lowest BCUT2D eigenvalue weighted by Gasteiger charge is -2.33. The van der Waals surface area contributed by atoms with Crippen LogP contribution in [0, 0.1) is 23.5 Å². The van der Waals surface area contributed by atoms with E-state index in [0.717, 1.165) is 18.2 Å². The molecule has 6 heteroatoms. The third-order valence-electron chi connectivity index (χ3n) is 4.30. The Labute approximate surface area is 120 Å². The van der Waals surface area contributed by atoms with E-state index in [-0.39, 0.29) is 30.7 Å². The molecule has 0 radical (unpaired) electrons. The fourth-order valence-electron chi connectivity index (χ4n) is 3.00. The highest BCUT2D eigenvalue weighted by Crippen LogP contribution is 2.40. The number of halogens is 5. The summed E-state index contributed by atoms with van der Waals surface area (Å²) in [5.74, 6) is -2.41. The van der Waals surface area contributed by atoms with Crippen LogP contribution in [0.4, 0.5) is 22.0 Å². The summed E-state index contributed by atoms with van der Waals surface area (Å²) in [6.45, 7) is 0. The molecule has 21 heavy (non-hydrogen) atoms. The second-order valence-electron chi connectivity index (χ2n) is 5.76. The van der Waals surface area contributed by atoms with Gasteiger partial charge in [0.2, 0.25) is 0 Å². The van der Waals surface area contributed by atoms with Gasteiger partial charge in [-0.2, -0.15) is 13.2 Å². The number of alkyl halides is 3. The summed E-state index contributed by atoms with van der Waals surface area (Å²) in [6, 6.07) is 2.71. The van der Waals surface area contributed by atoms with E-state index < -0.39 is 29.8 Å². The van der Waals surface area contributed by atoms with Gasteiger partial charge >= 0.3 is 6.18 Å². The molecule has 1 aromatic carbocycles. The highest BCUT2D eigenvalue weighted by Gasteiger charge is 2.42. The van der Waals surface area contributed by atoms with Crippen molar-refractivity contribution in [3.05, 3.63) is 35.4 Å². The zero-order chi connectivity index (χ0) is 15.6. The van der Waals surface area contributed by atoms with E-state index in [2.05, 4.69) is 0 Å². The molecule has 1 fully saturated rings. The summed E-state index contributed by atoms with van der Waals surface area (Å²) in [5.41, 5.74) is 6.16. The van der Waals surface area contributed by atoms with Crippen LogP contribution in [0.25, 0.3) is 0 Å². The molecule has 1 aliphatic rings. The average Bonchev–Trinajstić information content (AvgIpc) is 2.42. The number of hydrogen-bond acceptors (Lipinski definition) is 1. The van der Waals surface area contributed by atoms with Crippen molar-refractivity contribution in [2.24, 2.45) is 17.6 Å². The summed E-state index contributed by atoms with van der Waals surface area (Å²) in [4.78, 5) is 0. The van der Waals surface area contributed by atoms with E-state index in [9.17, 15) is 22.0 Å². The highest BCUT2D eigenvalue weighted by atomic mass is 19.4. The SMILES string of the molecule is NC(Cc1cc(F)ccc1F)C1CCC(C(F)(F)F)CC1. The Kier molecular flexibility index (Phi) is 4.86. The Bertz CT molecular complexity index is 477. The maximum atomic E-state index is 13.5. The van der Waals surface area contributed by atoms with Crippen LogP contribution in [-0.4, -0.2) is 12.2 Å². The van der Waals surface area contributed by atoms with E-state index in [1.54, 1.807) is 0 Å². The summed E-state index contributed by atoms with van der Waals surface area (Å²) < 4.78 is 64.4. The molecule has 1 atom stereocenters. The number of hydrogen-bond donors (Lipinski definition) is 1. The minimum absolute atomic E-state index is 0.0630. The topological polar surface area (TPSA) is 26.0 Å². The zero-order valence-electron chi connectivity index (χ0n) is 11.5. The van der Waals surface area contributed by atoms with Crippen LogP contribution >= 0.6 is 0 Å². The van der Waals surface area contributed by atoms with Crippen molar-refractivity contribution >= 4 is 0 Å². The molecule has 1 aliphatic carbocycles. The lowest BCUT2D eigenvalue weighted by atomic mass is 9.77. The molecule has 118 valence electrons.